The number of carbonyl (C=O) groups is 2. The third kappa shape index (κ3) is 3.95. The first-order valence-electron chi connectivity index (χ1n) is 6.94. The number of aliphatic carboxylic acids is 1. The van der Waals surface area contributed by atoms with Crippen LogP contribution in [0.15, 0.2) is 24.3 Å². The summed E-state index contributed by atoms with van der Waals surface area (Å²) in [5.74, 6) is -0.887. The monoisotopic (exact) mass is 292 g/mol. The number of aryl methyl sites for hydroxylation is 1. The number of hydrogen-bond donors (Lipinski definition) is 3. The number of anilines is 1. The first-order chi connectivity index (χ1) is 10.0. The molecule has 21 heavy (non-hydrogen) atoms. The smallest absolute Gasteiger partial charge is 0.319 e. The minimum Gasteiger partial charge on any atom is -0.481 e. The molecule has 0 bridgehead atoms. The summed E-state index contributed by atoms with van der Waals surface area (Å²) in [5.41, 5.74) is 0.797. The predicted molar refractivity (Wildman–Crippen MR) is 78.3 cm³/mol. The Labute approximate surface area is 123 Å². The normalized spacial score (nSPS) is 17.0. The van der Waals surface area contributed by atoms with Crippen LogP contribution in [0, 0.1) is 12.3 Å². The Morgan fingerprint density at radius 3 is 2.67 bits per heavy atom. The summed E-state index contributed by atoms with van der Waals surface area (Å²) in [6.07, 6.45) is 0.820. The SMILES string of the molecule is Cc1cccc(NC(=O)NCC2(C(=O)O)CCOCC2)c1. The van der Waals surface area contributed by atoms with Crippen LogP contribution in [0.5, 0.6) is 0 Å². The van der Waals surface area contributed by atoms with Crippen molar-refractivity contribution in [2.75, 3.05) is 25.1 Å². The number of amides is 2. The number of rotatable bonds is 4. The van der Waals surface area contributed by atoms with Crippen molar-refractivity contribution in [1.29, 1.82) is 0 Å². The summed E-state index contributed by atoms with van der Waals surface area (Å²) in [7, 11) is 0. The van der Waals surface area contributed by atoms with E-state index in [2.05, 4.69) is 10.6 Å². The number of carboxylic acid groups (broad SMARTS) is 1. The topological polar surface area (TPSA) is 87.7 Å². The highest BCUT2D eigenvalue weighted by atomic mass is 16.5. The molecule has 0 atom stereocenters. The molecule has 1 saturated heterocycles. The molecule has 6 heteroatoms. The van der Waals surface area contributed by atoms with Crippen LogP contribution in [-0.2, 0) is 9.53 Å². The van der Waals surface area contributed by atoms with E-state index in [9.17, 15) is 14.7 Å². The predicted octanol–water partition coefficient (Wildman–Crippen LogP) is 2.00. The third-order valence-electron chi connectivity index (χ3n) is 3.77. The molecule has 6 nitrogen and oxygen atoms in total. The molecule has 0 aliphatic carbocycles. The summed E-state index contributed by atoms with van der Waals surface area (Å²) in [5, 5.41) is 14.8. The standard InChI is InChI=1S/C15H20N2O4/c1-11-3-2-4-12(9-11)17-14(20)16-10-15(13(18)19)5-7-21-8-6-15/h2-4,9H,5-8,10H2,1H3,(H,18,19)(H2,16,17,20). The molecule has 0 spiro atoms. The lowest BCUT2D eigenvalue weighted by atomic mass is 9.80. The van der Waals surface area contributed by atoms with E-state index in [1.165, 1.54) is 0 Å². The van der Waals surface area contributed by atoms with E-state index >= 15 is 0 Å². The zero-order valence-corrected chi connectivity index (χ0v) is 12.0. The lowest BCUT2D eigenvalue weighted by Gasteiger charge is -2.33. The van der Waals surface area contributed by atoms with Gasteiger partial charge in [0, 0.05) is 25.4 Å². The first-order valence-corrected chi connectivity index (χ1v) is 6.94. The van der Waals surface area contributed by atoms with E-state index in [-0.39, 0.29) is 6.54 Å². The fourth-order valence-electron chi connectivity index (χ4n) is 2.38. The first kappa shape index (κ1) is 15.3. The number of carboxylic acids is 1. The number of carbonyl (C=O) groups excluding carboxylic acids is 1. The molecule has 2 rings (SSSR count). The van der Waals surface area contributed by atoms with Gasteiger partial charge in [0.05, 0.1) is 5.41 Å². The van der Waals surface area contributed by atoms with Crippen molar-refractivity contribution < 1.29 is 19.4 Å². The molecule has 1 aliphatic heterocycles. The van der Waals surface area contributed by atoms with Gasteiger partial charge in [-0.2, -0.15) is 0 Å². The van der Waals surface area contributed by atoms with Gasteiger partial charge in [-0.3, -0.25) is 4.79 Å². The molecule has 0 radical (unpaired) electrons. The minimum atomic E-state index is -0.928. The van der Waals surface area contributed by atoms with Crippen molar-refractivity contribution in [3.05, 3.63) is 29.8 Å². The highest BCUT2D eigenvalue weighted by Crippen LogP contribution is 2.30. The molecule has 114 valence electrons. The zero-order valence-electron chi connectivity index (χ0n) is 12.0. The average molecular weight is 292 g/mol. The van der Waals surface area contributed by atoms with Gasteiger partial charge in [0.15, 0.2) is 0 Å². The molecule has 0 unspecified atom stereocenters. The van der Waals surface area contributed by atoms with Gasteiger partial charge in [0.2, 0.25) is 0 Å². The van der Waals surface area contributed by atoms with E-state index < -0.39 is 17.4 Å². The maximum Gasteiger partial charge on any atom is 0.319 e. The molecule has 1 aliphatic rings. The second-order valence-electron chi connectivity index (χ2n) is 5.38. The lowest BCUT2D eigenvalue weighted by Crippen LogP contribution is -2.47. The molecule has 2 amide bonds. The van der Waals surface area contributed by atoms with Gasteiger partial charge in [-0.15, -0.1) is 0 Å². The molecule has 1 heterocycles. The van der Waals surface area contributed by atoms with Gasteiger partial charge in [0.1, 0.15) is 0 Å². The number of benzene rings is 1. The van der Waals surface area contributed by atoms with E-state index in [1.54, 1.807) is 6.07 Å². The molecule has 1 aromatic rings. The Kier molecular flexibility index (Phi) is 4.80. The van der Waals surface area contributed by atoms with Crippen molar-refractivity contribution in [3.63, 3.8) is 0 Å². The van der Waals surface area contributed by atoms with Crippen LogP contribution in [-0.4, -0.2) is 36.9 Å². The highest BCUT2D eigenvalue weighted by Gasteiger charge is 2.40. The van der Waals surface area contributed by atoms with Gasteiger partial charge in [0.25, 0.3) is 0 Å². The van der Waals surface area contributed by atoms with Crippen molar-refractivity contribution in [2.45, 2.75) is 19.8 Å². The van der Waals surface area contributed by atoms with Crippen LogP contribution >= 0.6 is 0 Å². The van der Waals surface area contributed by atoms with Gasteiger partial charge < -0.3 is 20.5 Å². The maximum absolute atomic E-state index is 11.9. The molecule has 0 aromatic heterocycles. The average Bonchev–Trinajstić information content (AvgIpc) is 2.46. The molecule has 3 N–H and O–H groups in total. The van der Waals surface area contributed by atoms with Gasteiger partial charge in [-0.1, -0.05) is 12.1 Å². The second-order valence-corrected chi connectivity index (χ2v) is 5.38. The Morgan fingerprint density at radius 1 is 1.33 bits per heavy atom. The van der Waals surface area contributed by atoms with Crippen molar-refractivity contribution in [2.24, 2.45) is 5.41 Å². The number of urea groups is 1. The molecule has 1 aromatic carbocycles. The van der Waals surface area contributed by atoms with Crippen LogP contribution in [0.2, 0.25) is 0 Å². The van der Waals surface area contributed by atoms with Crippen LogP contribution in [0.3, 0.4) is 0 Å². The van der Waals surface area contributed by atoms with E-state index in [0.29, 0.717) is 31.7 Å². The highest BCUT2D eigenvalue weighted by molar-refractivity contribution is 5.89. The largest absolute Gasteiger partial charge is 0.481 e. The second kappa shape index (κ2) is 6.58. The van der Waals surface area contributed by atoms with Crippen molar-refractivity contribution in [3.8, 4) is 0 Å². The summed E-state index contributed by atoms with van der Waals surface area (Å²) in [6.45, 7) is 2.86. The van der Waals surface area contributed by atoms with E-state index in [4.69, 9.17) is 4.74 Å². The Morgan fingerprint density at radius 2 is 2.05 bits per heavy atom. The maximum atomic E-state index is 11.9. The fraction of sp³-hybridized carbons (Fsp3) is 0.467. The minimum absolute atomic E-state index is 0.101. The van der Waals surface area contributed by atoms with Crippen LogP contribution in [0.25, 0.3) is 0 Å². The number of nitrogens with one attached hydrogen (secondary N) is 2. The van der Waals surface area contributed by atoms with Crippen LogP contribution < -0.4 is 10.6 Å². The molecular formula is C15H20N2O4. The van der Waals surface area contributed by atoms with Crippen molar-refractivity contribution >= 4 is 17.7 Å². The van der Waals surface area contributed by atoms with Gasteiger partial charge >= 0.3 is 12.0 Å². The van der Waals surface area contributed by atoms with Crippen molar-refractivity contribution in [1.82, 2.24) is 5.32 Å². The summed E-state index contributed by atoms with van der Waals surface area (Å²) in [4.78, 5) is 23.3. The van der Waals surface area contributed by atoms with E-state index in [0.717, 1.165) is 5.56 Å². The Hall–Kier alpha value is -2.08. The zero-order chi connectivity index (χ0) is 15.3. The molecule has 0 saturated carbocycles. The Balaban J connectivity index is 1.91. The number of ether oxygens (including phenoxy) is 1. The fourth-order valence-corrected chi connectivity index (χ4v) is 2.38. The van der Waals surface area contributed by atoms with Gasteiger partial charge in [-0.05, 0) is 37.5 Å². The summed E-state index contributed by atoms with van der Waals surface area (Å²) < 4.78 is 5.20. The van der Waals surface area contributed by atoms with Gasteiger partial charge in [-0.25, -0.2) is 4.79 Å². The molecular weight excluding hydrogens is 272 g/mol. The Bertz CT molecular complexity index is 524. The molecule has 1 fully saturated rings. The third-order valence-corrected chi connectivity index (χ3v) is 3.77. The summed E-state index contributed by atoms with van der Waals surface area (Å²) >= 11 is 0. The van der Waals surface area contributed by atoms with Crippen LogP contribution in [0.4, 0.5) is 10.5 Å². The van der Waals surface area contributed by atoms with E-state index in [1.807, 2.05) is 25.1 Å². The number of hydrogen-bond acceptors (Lipinski definition) is 3. The van der Waals surface area contributed by atoms with Crippen LogP contribution in [0.1, 0.15) is 18.4 Å². The quantitative estimate of drug-likeness (QED) is 0.792. The lowest BCUT2D eigenvalue weighted by molar-refractivity contribution is -0.154. The summed E-state index contributed by atoms with van der Waals surface area (Å²) in [6, 6.07) is 7.02.